The summed E-state index contributed by atoms with van der Waals surface area (Å²) in [5, 5.41) is 22.7. The molecule has 2 heterocycles. The molecule has 2 aromatic rings. The number of ketones is 1. The van der Waals surface area contributed by atoms with Gasteiger partial charge in [0.25, 0.3) is 11.4 Å². The maximum atomic E-state index is 13.7. The van der Waals surface area contributed by atoms with Crippen LogP contribution in [0.4, 0.5) is 22.7 Å². The molecular weight excluding hydrogens is 436 g/mol. The third-order valence-electron chi connectivity index (χ3n) is 7.35. The predicted octanol–water partition coefficient (Wildman–Crippen LogP) is 4.74. The summed E-state index contributed by atoms with van der Waals surface area (Å²) in [6, 6.07) is 8.64. The molecule has 2 aromatic carbocycles. The molecular formula is C25H30N4O5. The van der Waals surface area contributed by atoms with E-state index in [0.717, 1.165) is 11.1 Å². The lowest BCUT2D eigenvalue weighted by Gasteiger charge is -2.34. The van der Waals surface area contributed by atoms with Gasteiger partial charge in [0, 0.05) is 59.6 Å². The molecule has 0 radical (unpaired) electrons. The third kappa shape index (κ3) is 3.69. The quantitative estimate of drug-likeness (QED) is 0.446. The number of Topliss-reactive ketones (excluding diaryl/α,β-unsaturated/α-hetero) is 1. The van der Waals surface area contributed by atoms with Gasteiger partial charge in [-0.15, -0.1) is 0 Å². The maximum Gasteiger partial charge on any atom is 0.271 e. The summed E-state index contributed by atoms with van der Waals surface area (Å²) in [4.78, 5) is 39.6. The predicted molar refractivity (Wildman–Crippen MR) is 131 cm³/mol. The van der Waals surface area contributed by atoms with Crippen molar-refractivity contribution in [1.82, 2.24) is 0 Å². The highest BCUT2D eigenvalue weighted by molar-refractivity contribution is 5.95. The van der Waals surface area contributed by atoms with Gasteiger partial charge in [-0.2, -0.15) is 0 Å². The lowest BCUT2D eigenvalue weighted by Crippen LogP contribution is -2.50. The van der Waals surface area contributed by atoms with Crippen LogP contribution in [0, 0.1) is 20.2 Å². The van der Waals surface area contributed by atoms with Gasteiger partial charge in [-0.3, -0.25) is 25.0 Å². The van der Waals surface area contributed by atoms with Gasteiger partial charge in [0.1, 0.15) is 0 Å². The van der Waals surface area contributed by atoms with Crippen LogP contribution in [0.1, 0.15) is 52.7 Å². The van der Waals surface area contributed by atoms with Crippen LogP contribution in [-0.2, 0) is 15.6 Å². The smallest absolute Gasteiger partial charge is 0.271 e. The molecule has 2 aliphatic rings. The van der Waals surface area contributed by atoms with Gasteiger partial charge in [0.15, 0.2) is 5.78 Å². The number of carbonyl (C=O) groups is 1. The van der Waals surface area contributed by atoms with E-state index in [1.807, 2.05) is 23.6 Å². The molecule has 0 fully saturated rings. The first-order chi connectivity index (χ1) is 15.7. The normalized spacial score (nSPS) is 19.4. The zero-order valence-electron chi connectivity index (χ0n) is 20.4. The first-order valence-corrected chi connectivity index (χ1v) is 11.4. The molecule has 0 aromatic heterocycles. The van der Waals surface area contributed by atoms with Gasteiger partial charge in [0.2, 0.25) is 0 Å². The van der Waals surface area contributed by atoms with E-state index in [2.05, 4.69) is 27.7 Å². The molecule has 2 atom stereocenters. The molecule has 0 bridgehead atoms. The van der Waals surface area contributed by atoms with Gasteiger partial charge in [-0.25, -0.2) is 0 Å². The fourth-order valence-electron chi connectivity index (χ4n) is 5.43. The van der Waals surface area contributed by atoms with Gasteiger partial charge >= 0.3 is 0 Å². The van der Waals surface area contributed by atoms with Crippen LogP contribution in [-0.4, -0.2) is 40.8 Å². The first-order valence-electron chi connectivity index (χ1n) is 11.4. The molecule has 2 unspecified atom stereocenters. The number of nitro groups is 2. The highest BCUT2D eigenvalue weighted by Gasteiger charge is 2.44. The van der Waals surface area contributed by atoms with Crippen LogP contribution in [0.2, 0.25) is 0 Å². The van der Waals surface area contributed by atoms with Gasteiger partial charge < -0.3 is 9.80 Å². The average molecular weight is 467 g/mol. The number of hydrogen-bond donors (Lipinski definition) is 0. The second kappa shape index (κ2) is 7.78. The third-order valence-corrected chi connectivity index (χ3v) is 7.35. The molecule has 34 heavy (non-hydrogen) atoms. The number of non-ortho nitro benzene ring substituents is 2. The molecule has 0 saturated heterocycles. The SMILES string of the molecule is CC(C(=O)C(C)N1CC(C)(C)c2ccc([N+](=O)[O-])cc21)N1CC(C)(C)c2ccc([N+](=O)[O-])cc21. The van der Waals surface area contributed by atoms with E-state index in [4.69, 9.17) is 0 Å². The van der Waals surface area contributed by atoms with Gasteiger partial charge in [-0.1, -0.05) is 27.7 Å². The van der Waals surface area contributed by atoms with Crippen LogP contribution in [0.5, 0.6) is 0 Å². The maximum absolute atomic E-state index is 13.7. The van der Waals surface area contributed by atoms with E-state index in [1.165, 1.54) is 12.1 Å². The van der Waals surface area contributed by atoms with E-state index >= 15 is 0 Å². The fraction of sp³-hybridized carbons (Fsp3) is 0.480. The van der Waals surface area contributed by atoms with Crippen molar-refractivity contribution in [2.75, 3.05) is 22.9 Å². The number of nitro benzene ring substituents is 2. The summed E-state index contributed by atoms with van der Waals surface area (Å²) in [7, 11) is 0. The Kier molecular flexibility index (Phi) is 5.42. The van der Waals surface area contributed by atoms with Gasteiger partial charge in [0.05, 0.1) is 21.9 Å². The van der Waals surface area contributed by atoms with E-state index < -0.39 is 21.9 Å². The number of benzene rings is 2. The Hall–Kier alpha value is -3.49. The fourth-order valence-corrected chi connectivity index (χ4v) is 5.43. The molecule has 0 amide bonds. The first kappa shape index (κ1) is 23.7. The molecule has 0 aliphatic carbocycles. The van der Waals surface area contributed by atoms with Crippen LogP contribution in [0.15, 0.2) is 36.4 Å². The lowest BCUT2D eigenvalue weighted by atomic mass is 9.87. The minimum Gasteiger partial charge on any atom is -0.360 e. The molecule has 9 heteroatoms. The van der Waals surface area contributed by atoms with E-state index in [9.17, 15) is 25.0 Å². The molecule has 2 aliphatic heterocycles. The average Bonchev–Trinajstić information content (AvgIpc) is 3.21. The van der Waals surface area contributed by atoms with E-state index in [0.29, 0.717) is 24.5 Å². The Bertz CT molecular complexity index is 1110. The number of rotatable bonds is 6. The molecule has 0 spiro atoms. The van der Waals surface area contributed by atoms with Crippen molar-refractivity contribution in [3.63, 3.8) is 0 Å². The summed E-state index contributed by atoms with van der Waals surface area (Å²) in [5.41, 5.74) is 2.86. The zero-order valence-corrected chi connectivity index (χ0v) is 20.4. The summed E-state index contributed by atoms with van der Waals surface area (Å²) in [5.74, 6) is -0.0367. The Morgan fingerprint density at radius 3 is 1.47 bits per heavy atom. The Morgan fingerprint density at radius 1 is 0.794 bits per heavy atom. The topological polar surface area (TPSA) is 110 Å². The van der Waals surface area contributed by atoms with Crippen molar-refractivity contribution in [1.29, 1.82) is 0 Å². The van der Waals surface area contributed by atoms with Crippen molar-refractivity contribution in [3.8, 4) is 0 Å². The number of nitrogens with zero attached hydrogens (tertiary/aromatic N) is 4. The van der Waals surface area contributed by atoms with E-state index in [-0.39, 0.29) is 28.0 Å². The highest BCUT2D eigenvalue weighted by atomic mass is 16.6. The van der Waals surface area contributed by atoms with Crippen LogP contribution >= 0.6 is 0 Å². The zero-order chi connectivity index (χ0) is 25.2. The molecule has 4 rings (SSSR count). The number of hydrogen-bond acceptors (Lipinski definition) is 7. The Morgan fingerprint density at radius 2 is 1.15 bits per heavy atom. The standard InChI is InChI=1S/C25H30N4O5/c1-15(26-13-24(3,4)19-9-7-17(28(31)32)11-21(19)26)23(30)16(2)27-14-25(5,6)20-10-8-18(29(33)34)12-22(20)27/h7-12,15-16H,13-14H2,1-6H3. The second-order valence-electron chi connectivity index (χ2n) is 10.7. The van der Waals surface area contributed by atoms with Crippen LogP contribution in [0.25, 0.3) is 0 Å². The monoisotopic (exact) mass is 466 g/mol. The summed E-state index contributed by atoms with van der Waals surface area (Å²) in [6.45, 7) is 13.1. The van der Waals surface area contributed by atoms with Crippen LogP contribution < -0.4 is 9.80 Å². The largest absolute Gasteiger partial charge is 0.360 e. The minimum absolute atomic E-state index is 0.00308. The number of fused-ring (bicyclic) bond motifs is 2. The van der Waals surface area contributed by atoms with Crippen molar-refractivity contribution in [3.05, 3.63) is 67.8 Å². The van der Waals surface area contributed by atoms with Crippen molar-refractivity contribution in [2.24, 2.45) is 0 Å². The number of anilines is 2. The second-order valence-corrected chi connectivity index (χ2v) is 10.7. The van der Waals surface area contributed by atoms with Crippen molar-refractivity contribution < 1.29 is 14.6 Å². The molecule has 0 saturated carbocycles. The molecule has 0 N–H and O–H groups in total. The Balaban J connectivity index is 1.67. The van der Waals surface area contributed by atoms with Crippen molar-refractivity contribution in [2.45, 2.75) is 64.5 Å². The van der Waals surface area contributed by atoms with Gasteiger partial charge in [-0.05, 0) is 37.1 Å². The summed E-state index contributed by atoms with van der Waals surface area (Å²) >= 11 is 0. The lowest BCUT2D eigenvalue weighted by molar-refractivity contribution is -0.385. The molecule has 180 valence electrons. The van der Waals surface area contributed by atoms with Crippen molar-refractivity contribution >= 4 is 28.5 Å². The minimum atomic E-state index is -0.525. The highest BCUT2D eigenvalue weighted by Crippen LogP contribution is 2.45. The molecule has 9 nitrogen and oxygen atoms in total. The van der Waals surface area contributed by atoms with Crippen LogP contribution in [0.3, 0.4) is 0 Å². The number of carbonyl (C=O) groups excluding carboxylic acids is 1. The van der Waals surface area contributed by atoms with E-state index in [1.54, 1.807) is 24.3 Å². The summed E-state index contributed by atoms with van der Waals surface area (Å²) in [6.07, 6.45) is 0. The summed E-state index contributed by atoms with van der Waals surface area (Å²) < 4.78 is 0. The Labute approximate surface area is 198 Å².